The Hall–Kier alpha value is -0.710. The molecule has 1 rings (SSSR count). The molecule has 0 saturated heterocycles. The van der Waals surface area contributed by atoms with E-state index >= 15 is 0 Å². The Kier molecular flexibility index (Phi) is 9.74. The van der Waals surface area contributed by atoms with Crippen LogP contribution in [0.25, 0.3) is 0 Å². The number of nitrogens with zero attached hydrogens (tertiary/aromatic N) is 1. The van der Waals surface area contributed by atoms with Gasteiger partial charge in [0.1, 0.15) is 6.29 Å². The summed E-state index contributed by atoms with van der Waals surface area (Å²) in [6.45, 7) is 8.56. The standard InChI is InChI=1S/C10H12BrNO.C5H13N/c1-7(12)4-9-5-10(11)3-2-8(9)6-13;1-4-6(3)5-2/h2-3,5-7H,4,12H2,1H3;4-5H2,1-3H3. The molecule has 108 valence electrons. The molecule has 0 amide bonds. The Morgan fingerprint density at radius 1 is 1.37 bits per heavy atom. The van der Waals surface area contributed by atoms with Crippen LogP contribution in [0.5, 0.6) is 0 Å². The summed E-state index contributed by atoms with van der Waals surface area (Å²) >= 11 is 3.36. The highest BCUT2D eigenvalue weighted by atomic mass is 79.9. The van der Waals surface area contributed by atoms with Crippen LogP contribution < -0.4 is 5.73 Å². The minimum atomic E-state index is 0.0769. The summed E-state index contributed by atoms with van der Waals surface area (Å²) in [7, 11) is 2.11. The van der Waals surface area contributed by atoms with Gasteiger partial charge in [0.25, 0.3) is 0 Å². The van der Waals surface area contributed by atoms with Crippen LogP contribution in [-0.4, -0.2) is 37.4 Å². The zero-order valence-electron chi connectivity index (χ0n) is 12.3. The fraction of sp³-hybridized carbons (Fsp3) is 0.533. The van der Waals surface area contributed by atoms with Crippen LogP contribution in [0, 0.1) is 0 Å². The average Bonchev–Trinajstić information content (AvgIpc) is 2.38. The Balaban J connectivity index is 0.000000459. The molecule has 0 spiro atoms. The maximum absolute atomic E-state index is 10.7. The summed E-state index contributed by atoms with van der Waals surface area (Å²) in [5.74, 6) is 0. The number of hydrogen-bond acceptors (Lipinski definition) is 3. The topological polar surface area (TPSA) is 46.3 Å². The molecule has 0 aromatic heterocycles. The largest absolute Gasteiger partial charge is 0.328 e. The van der Waals surface area contributed by atoms with E-state index in [9.17, 15) is 4.79 Å². The van der Waals surface area contributed by atoms with E-state index in [2.05, 4.69) is 41.7 Å². The first-order chi connectivity index (χ1) is 8.94. The average molecular weight is 329 g/mol. The van der Waals surface area contributed by atoms with E-state index < -0.39 is 0 Å². The molecule has 0 aliphatic rings. The molecular weight excluding hydrogens is 304 g/mol. The lowest BCUT2D eigenvalue weighted by molar-refractivity contribution is 0.112. The van der Waals surface area contributed by atoms with Gasteiger partial charge in [-0.1, -0.05) is 35.8 Å². The van der Waals surface area contributed by atoms with Crippen LogP contribution in [-0.2, 0) is 6.42 Å². The smallest absolute Gasteiger partial charge is 0.150 e. The van der Waals surface area contributed by atoms with Crippen molar-refractivity contribution >= 4 is 22.2 Å². The van der Waals surface area contributed by atoms with Gasteiger partial charge in [0, 0.05) is 16.1 Å². The number of hydrogen-bond donors (Lipinski definition) is 1. The molecule has 19 heavy (non-hydrogen) atoms. The number of carbonyl (C=O) groups is 1. The van der Waals surface area contributed by atoms with E-state index in [1.807, 2.05) is 19.1 Å². The third-order valence-corrected chi connectivity index (χ3v) is 3.35. The summed E-state index contributed by atoms with van der Waals surface area (Å²) in [5.41, 5.74) is 7.39. The van der Waals surface area contributed by atoms with Crippen LogP contribution in [0.4, 0.5) is 0 Å². The molecule has 1 aromatic rings. The summed E-state index contributed by atoms with van der Waals surface area (Å²) in [6.07, 6.45) is 1.59. The van der Waals surface area contributed by atoms with Crippen molar-refractivity contribution < 1.29 is 4.79 Å². The molecule has 4 heteroatoms. The Morgan fingerprint density at radius 2 is 1.95 bits per heavy atom. The van der Waals surface area contributed by atoms with Gasteiger partial charge in [-0.15, -0.1) is 0 Å². The van der Waals surface area contributed by atoms with Gasteiger partial charge in [0.2, 0.25) is 0 Å². The molecule has 1 unspecified atom stereocenters. The van der Waals surface area contributed by atoms with Crippen LogP contribution in [0.15, 0.2) is 22.7 Å². The monoisotopic (exact) mass is 328 g/mol. The predicted molar refractivity (Wildman–Crippen MR) is 85.7 cm³/mol. The lowest BCUT2D eigenvalue weighted by Crippen LogP contribution is -2.18. The lowest BCUT2D eigenvalue weighted by atomic mass is 10.0. The minimum Gasteiger partial charge on any atom is -0.328 e. The van der Waals surface area contributed by atoms with Gasteiger partial charge in [0.15, 0.2) is 0 Å². The van der Waals surface area contributed by atoms with Crippen molar-refractivity contribution in [1.29, 1.82) is 0 Å². The highest BCUT2D eigenvalue weighted by Gasteiger charge is 2.04. The molecule has 0 radical (unpaired) electrons. The molecule has 3 nitrogen and oxygen atoms in total. The number of carbonyl (C=O) groups excluding carboxylic acids is 1. The second-order valence-corrected chi connectivity index (χ2v) is 5.55. The molecule has 0 heterocycles. The van der Waals surface area contributed by atoms with Gasteiger partial charge in [-0.25, -0.2) is 0 Å². The zero-order valence-corrected chi connectivity index (χ0v) is 13.9. The minimum absolute atomic E-state index is 0.0769. The van der Waals surface area contributed by atoms with Gasteiger partial charge in [0.05, 0.1) is 0 Å². The predicted octanol–water partition coefficient (Wildman–Crippen LogP) is 3.11. The second-order valence-electron chi connectivity index (χ2n) is 4.63. The first-order valence-electron chi connectivity index (χ1n) is 6.62. The molecule has 0 saturated carbocycles. The van der Waals surface area contributed by atoms with E-state index in [4.69, 9.17) is 5.73 Å². The number of halogens is 1. The highest BCUT2D eigenvalue weighted by Crippen LogP contribution is 2.16. The van der Waals surface area contributed by atoms with Crippen LogP contribution >= 0.6 is 15.9 Å². The Bertz CT molecular complexity index is 376. The second kappa shape index (κ2) is 10.1. The number of aldehydes is 1. The highest BCUT2D eigenvalue weighted by molar-refractivity contribution is 9.10. The quantitative estimate of drug-likeness (QED) is 0.845. The lowest BCUT2D eigenvalue weighted by Gasteiger charge is -2.07. The fourth-order valence-electron chi connectivity index (χ4n) is 1.44. The third-order valence-electron chi connectivity index (χ3n) is 2.85. The van der Waals surface area contributed by atoms with Crippen molar-refractivity contribution in [2.45, 2.75) is 33.2 Å². The molecule has 0 aliphatic heterocycles. The zero-order chi connectivity index (χ0) is 14.8. The number of nitrogens with two attached hydrogens (primary N) is 1. The molecule has 0 bridgehead atoms. The maximum Gasteiger partial charge on any atom is 0.150 e. The molecule has 0 aliphatic carbocycles. The van der Waals surface area contributed by atoms with E-state index in [0.717, 1.165) is 41.4 Å². The van der Waals surface area contributed by atoms with E-state index in [1.165, 1.54) is 0 Å². The van der Waals surface area contributed by atoms with E-state index in [0.29, 0.717) is 0 Å². The molecule has 1 atom stereocenters. The first kappa shape index (κ1) is 18.3. The summed E-state index contributed by atoms with van der Waals surface area (Å²) in [4.78, 5) is 12.9. The third kappa shape index (κ3) is 8.14. The maximum atomic E-state index is 10.7. The van der Waals surface area contributed by atoms with Crippen molar-refractivity contribution in [3.63, 3.8) is 0 Å². The van der Waals surface area contributed by atoms with Crippen LogP contribution in [0.2, 0.25) is 0 Å². The van der Waals surface area contributed by atoms with Crippen molar-refractivity contribution in [2.24, 2.45) is 5.73 Å². The van der Waals surface area contributed by atoms with Gasteiger partial charge < -0.3 is 10.6 Å². The summed E-state index contributed by atoms with van der Waals surface area (Å²) < 4.78 is 0.980. The normalized spacial score (nSPS) is 11.7. The Morgan fingerprint density at radius 3 is 2.32 bits per heavy atom. The van der Waals surface area contributed by atoms with Crippen molar-refractivity contribution in [2.75, 3.05) is 20.1 Å². The number of rotatable bonds is 5. The molecule has 0 fully saturated rings. The summed E-state index contributed by atoms with van der Waals surface area (Å²) in [6, 6.07) is 5.67. The Labute approximate surface area is 125 Å². The van der Waals surface area contributed by atoms with Crippen molar-refractivity contribution in [3.05, 3.63) is 33.8 Å². The SMILES string of the molecule is CC(N)Cc1cc(Br)ccc1C=O.CCN(C)CC. The fourth-order valence-corrected chi connectivity index (χ4v) is 1.85. The van der Waals surface area contributed by atoms with Gasteiger partial charge in [-0.2, -0.15) is 0 Å². The summed E-state index contributed by atoms with van der Waals surface area (Å²) in [5, 5.41) is 0. The van der Waals surface area contributed by atoms with Crippen molar-refractivity contribution in [1.82, 2.24) is 4.90 Å². The molecular formula is C15H25BrN2O. The van der Waals surface area contributed by atoms with E-state index in [1.54, 1.807) is 6.07 Å². The van der Waals surface area contributed by atoms with Gasteiger partial charge in [-0.05, 0) is 51.2 Å². The van der Waals surface area contributed by atoms with Crippen LogP contribution in [0.3, 0.4) is 0 Å². The van der Waals surface area contributed by atoms with Crippen LogP contribution in [0.1, 0.15) is 36.7 Å². The first-order valence-corrected chi connectivity index (χ1v) is 7.41. The van der Waals surface area contributed by atoms with E-state index in [-0.39, 0.29) is 6.04 Å². The van der Waals surface area contributed by atoms with Gasteiger partial charge in [-0.3, -0.25) is 4.79 Å². The number of benzene rings is 1. The molecule has 2 N–H and O–H groups in total. The molecule has 1 aromatic carbocycles. The van der Waals surface area contributed by atoms with Crippen molar-refractivity contribution in [3.8, 4) is 0 Å². The van der Waals surface area contributed by atoms with Gasteiger partial charge >= 0.3 is 0 Å².